The van der Waals surface area contributed by atoms with E-state index in [9.17, 15) is 0 Å². The van der Waals surface area contributed by atoms with E-state index in [1.54, 1.807) is 11.3 Å². The Labute approximate surface area is 88.7 Å². The second kappa shape index (κ2) is 3.49. The highest BCUT2D eigenvalue weighted by Gasteiger charge is 2.00. The summed E-state index contributed by atoms with van der Waals surface area (Å²) in [5.41, 5.74) is 0.728. The maximum Gasteiger partial charge on any atom is 0.0991 e. The zero-order chi connectivity index (χ0) is 9.26. The number of benzene rings is 1. The smallest absolute Gasteiger partial charge is 0.0991 e. The topological polar surface area (TPSA) is 23.8 Å². The first-order valence-corrected chi connectivity index (χ1v) is 5.76. The first-order chi connectivity index (χ1) is 6.33. The van der Waals surface area contributed by atoms with Crippen LogP contribution >= 0.6 is 27.3 Å². The van der Waals surface area contributed by atoms with Gasteiger partial charge in [0.2, 0.25) is 0 Å². The van der Waals surface area contributed by atoms with Crippen LogP contribution in [-0.4, -0.2) is 0 Å². The normalized spacial score (nSPS) is 10.2. The van der Waals surface area contributed by atoms with Crippen LogP contribution in [0.1, 0.15) is 10.4 Å². The van der Waals surface area contributed by atoms with E-state index < -0.39 is 0 Å². The second-order valence-electron chi connectivity index (χ2n) is 2.71. The lowest BCUT2D eigenvalue weighted by Crippen LogP contribution is -1.70. The Morgan fingerprint density at radius 2 is 2.23 bits per heavy atom. The number of nitrogens with zero attached hydrogens (tertiary/aromatic N) is 1. The van der Waals surface area contributed by atoms with Crippen LogP contribution in [0.5, 0.6) is 0 Å². The molecule has 0 aliphatic heterocycles. The van der Waals surface area contributed by atoms with E-state index >= 15 is 0 Å². The third-order valence-electron chi connectivity index (χ3n) is 1.83. The van der Waals surface area contributed by atoms with Crippen molar-refractivity contribution in [2.24, 2.45) is 0 Å². The Bertz CT molecular complexity index is 481. The highest BCUT2D eigenvalue weighted by molar-refractivity contribution is 9.08. The third-order valence-corrected chi connectivity index (χ3v) is 3.92. The molecular formula is C10H6BrNS. The zero-order valence-corrected chi connectivity index (χ0v) is 9.15. The van der Waals surface area contributed by atoms with Gasteiger partial charge in [0.05, 0.1) is 11.6 Å². The van der Waals surface area contributed by atoms with Crippen LogP contribution in [0, 0.1) is 11.3 Å². The predicted octanol–water partition coefficient (Wildman–Crippen LogP) is 3.67. The van der Waals surface area contributed by atoms with E-state index in [0.717, 1.165) is 10.9 Å². The molecule has 13 heavy (non-hydrogen) atoms. The number of halogens is 1. The monoisotopic (exact) mass is 251 g/mol. The summed E-state index contributed by atoms with van der Waals surface area (Å²) in [6.07, 6.45) is 0. The largest absolute Gasteiger partial charge is 0.192 e. The predicted molar refractivity (Wildman–Crippen MR) is 59.2 cm³/mol. The molecule has 0 radical (unpaired) electrons. The fraction of sp³-hybridized carbons (Fsp3) is 0.100. The van der Waals surface area contributed by atoms with Crippen LogP contribution < -0.4 is 0 Å². The van der Waals surface area contributed by atoms with E-state index in [1.807, 2.05) is 18.2 Å². The van der Waals surface area contributed by atoms with Crippen LogP contribution in [-0.2, 0) is 5.33 Å². The number of hydrogen-bond donors (Lipinski definition) is 0. The molecule has 0 N–H and O–H groups in total. The lowest BCUT2D eigenvalue weighted by atomic mass is 10.2. The zero-order valence-electron chi connectivity index (χ0n) is 6.75. The van der Waals surface area contributed by atoms with Gasteiger partial charge in [-0.2, -0.15) is 5.26 Å². The lowest BCUT2D eigenvalue weighted by Gasteiger charge is -1.87. The van der Waals surface area contributed by atoms with Crippen LogP contribution in [0.3, 0.4) is 0 Å². The summed E-state index contributed by atoms with van der Waals surface area (Å²) in [6.45, 7) is 0. The van der Waals surface area contributed by atoms with Crippen LogP contribution in [0.15, 0.2) is 24.3 Å². The van der Waals surface area contributed by atoms with Crippen molar-refractivity contribution >= 4 is 37.4 Å². The minimum atomic E-state index is 0.728. The molecule has 0 aliphatic rings. The number of nitriles is 1. The maximum atomic E-state index is 8.71. The Kier molecular flexibility index (Phi) is 2.34. The molecule has 2 aromatic rings. The van der Waals surface area contributed by atoms with Gasteiger partial charge in [-0.3, -0.25) is 0 Å². The van der Waals surface area contributed by atoms with Gasteiger partial charge in [-0.15, -0.1) is 11.3 Å². The highest BCUT2D eigenvalue weighted by atomic mass is 79.9. The molecule has 0 amide bonds. The van der Waals surface area contributed by atoms with Gasteiger partial charge in [-0.25, -0.2) is 0 Å². The number of hydrogen-bond acceptors (Lipinski definition) is 2. The summed E-state index contributed by atoms with van der Waals surface area (Å²) in [6, 6.07) is 10.1. The first kappa shape index (κ1) is 8.74. The molecule has 1 nitrogen and oxygen atoms in total. The van der Waals surface area contributed by atoms with E-state index in [2.05, 4.69) is 28.1 Å². The maximum absolute atomic E-state index is 8.71. The third kappa shape index (κ3) is 1.60. The molecule has 3 heteroatoms. The fourth-order valence-electron chi connectivity index (χ4n) is 1.23. The molecule has 1 aromatic heterocycles. The quantitative estimate of drug-likeness (QED) is 0.710. The van der Waals surface area contributed by atoms with E-state index in [0.29, 0.717) is 0 Å². The Morgan fingerprint density at radius 3 is 2.92 bits per heavy atom. The number of rotatable bonds is 1. The van der Waals surface area contributed by atoms with Gasteiger partial charge in [0.1, 0.15) is 0 Å². The van der Waals surface area contributed by atoms with Gasteiger partial charge >= 0.3 is 0 Å². The van der Waals surface area contributed by atoms with Gasteiger partial charge in [0.15, 0.2) is 0 Å². The minimum absolute atomic E-state index is 0.728. The Hall–Kier alpha value is -0.850. The summed E-state index contributed by atoms with van der Waals surface area (Å²) in [5.74, 6) is 0. The molecule has 0 fully saturated rings. The number of thiophene rings is 1. The molecule has 0 spiro atoms. The van der Waals surface area contributed by atoms with E-state index in [-0.39, 0.29) is 0 Å². The lowest BCUT2D eigenvalue weighted by molar-refractivity contribution is 1.50. The van der Waals surface area contributed by atoms with Crippen molar-refractivity contribution in [1.29, 1.82) is 5.26 Å². The SMILES string of the molecule is N#Cc1ccc2sc(CBr)cc2c1. The second-order valence-corrected chi connectivity index (χ2v) is 4.44. The number of fused-ring (bicyclic) bond motifs is 1. The summed E-state index contributed by atoms with van der Waals surface area (Å²) in [5, 5.41) is 10.8. The van der Waals surface area contributed by atoms with Gasteiger partial charge in [0, 0.05) is 14.9 Å². The summed E-state index contributed by atoms with van der Waals surface area (Å²) < 4.78 is 1.24. The van der Waals surface area contributed by atoms with Gasteiger partial charge in [-0.1, -0.05) is 15.9 Å². The van der Waals surface area contributed by atoms with Gasteiger partial charge < -0.3 is 0 Å². The fourth-order valence-corrected chi connectivity index (χ4v) is 2.63. The van der Waals surface area contributed by atoms with Crippen molar-refractivity contribution < 1.29 is 0 Å². The molecule has 0 atom stereocenters. The molecule has 64 valence electrons. The standard InChI is InChI=1S/C10H6BrNS/c11-5-9-4-8-3-7(6-12)1-2-10(8)13-9/h1-4H,5H2. The Balaban J connectivity index is 2.65. The van der Waals surface area contributed by atoms with Crippen molar-refractivity contribution in [3.8, 4) is 6.07 Å². The van der Waals surface area contributed by atoms with Crippen molar-refractivity contribution in [1.82, 2.24) is 0 Å². The van der Waals surface area contributed by atoms with Gasteiger partial charge in [0.25, 0.3) is 0 Å². The average Bonchev–Trinajstić information content (AvgIpc) is 2.58. The van der Waals surface area contributed by atoms with Crippen molar-refractivity contribution in [2.45, 2.75) is 5.33 Å². The van der Waals surface area contributed by atoms with Crippen molar-refractivity contribution in [3.05, 3.63) is 34.7 Å². The molecular weight excluding hydrogens is 246 g/mol. The van der Waals surface area contributed by atoms with Crippen LogP contribution in [0.25, 0.3) is 10.1 Å². The average molecular weight is 252 g/mol. The Morgan fingerprint density at radius 1 is 1.38 bits per heavy atom. The van der Waals surface area contributed by atoms with Crippen LogP contribution in [0.2, 0.25) is 0 Å². The van der Waals surface area contributed by atoms with Crippen molar-refractivity contribution in [3.63, 3.8) is 0 Å². The molecule has 0 aliphatic carbocycles. The van der Waals surface area contributed by atoms with Gasteiger partial charge in [-0.05, 0) is 29.7 Å². The first-order valence-electron chi connectivity index (χ1n) is 3.82. The van der Waals surface area contributed by atoms with E-state index in [4.69, 9.17) is 5.26 Å². The molecule has 1 aromatic carbocycles. The summed E-state index contributed by atoms with van der Waals surface area (Å²) in [4.78, 5) is 1.30. The number of alkyl halides is 1. The minimum Gasteiger partial charge on any atom is -0.192 e. The van der Waals surface area contributed by atoms with Crippen molar-refractivity contribution in [2.75, 3.05) is 0 Å². The van der Waals surface area contributed by atoms with E-state index in [1.165, 1.54) is 15.0 Å². The molecule has 0 saturated heterocycles. The molecule has 2 rings (SSSR count). The molecule has 0 saturated carbocycles. The molecule has 0 unspecified atom stereocenters. The van der Waals surface area contributed by atoms with Crippen LogP contribution in [0.4, 0.5) is 0 Å². The summed E-state index contributed by atoms with van der Waals surface area (Å²) >= 11 is 5.18. The summed E-state index contributed by atoms with van der Waals surface area (Å²) in [7, 11) is 0. The molecule has 1 heterocycles. The molecule has 0 bridgehead atoms. The highest BCUT2D eigenvalue weighted by Crippen LogP contribution is 2.27.